The van der Waals surface area contributed by atoms with E-state index in [9.17, 15) is 4.79 Å². The first kappa shape index (κ1) is 11.7. The number of unbranched alkanes of at least 4 members (excludes halogenated alkanes) is 3. The number of hydrogen-bond donors (Lipinski definition) is 2. The van der Waals surface area contributed by atoms with Crippen molar-refractivity contribution in [3.05, 3.63) is 0 Å². The molecule has 2 rings (SSSR count). The molecule has 2 heterocycles. The summed E-state index contributed by atoms with van der Waals surface area (Å²) in [6, 6.07) is 0.714. The van der Waals surface area contributed by atoms with Crippen molar-refractivity contribution in [2.24, 2.45) is 0 Å². The number of nitrogens with one attached hydrogen (secondary N) is 2. The zero-order chi connectivity index (χ0) is 11.4. The number of rotatable bonds is 5. The van der Waals surface area contributed by atoms with Gasteiger partial charge in [0.15, 0.2) is 0 Å². The second kappa shape index (κ2) is 5.49. The third-order valence-electron chi connectivity index (χ3n) is 3.25. The van der Waals surface area contributed by atoms with E-state index in [0.29, 0.717) is 17.3 Å². The Morgan fingerprint density at radius 2 is 2.25 bits per heavy atom. The van der Waals surface area contributed by atoms with Crippen LogP contribution < -0.4 is 10.6 Å². The van der Waals surface area contributed by atoms with Crippen LogP contribution in [0.15, 0.2) is 0 Å². The molecule has 2 aliphatic heterocycles. The molecule has 2 N–H and O–H groups in total. The lowest BCUT2D eigenvalue weighted by Gasteiger charge is -2.16. The molecule has 0 aliphatic carbocycles. The normalized spacial score (nSPS) is 31.7. The highest BCUT2D eigenvalue weighted by atomic mass is 32.2. The smallest absolute Gasteiger partial charge is 0.315 e. The largest absolute Gasteiger partial charge is 0.332 e. The highest BCUT2D eigenvalue weighted by Gasteiger charge is 2.42. The van der Waals surface area contributed by atoms with Crippen molar-refractivity contribution < 1.29 is 4.79 Å². The van der Waals surface area contributed by atoms with Crippen molar-refractivity contribution >= 4 is 17.8 Å². The van der Waals surface area contributed by atoms with Crippen molar-refractivity contribution in [1.29, 1.82) is 0 Å². The predicted octanol–water partition coefficient (Wildman–Crippen LogP) is 1.74. The van der Waals surface area contributed by atoms with E-state index < -0.39 is 0 Å². The van der Waals surface area contributed by atoms with E-state index in [4.69, 9.17) is 6.42 Å². The van der Waals surface area contributed by atoms with E-state index in [0.717, 1.165) is 18.6 Å². The van der Waals surface area contributed by atoms with Crippen molar-refractivity contribution in [2.75, 3.05) is 5.75 Å². The third-order valence-corrected chi connectivity index (χ3v) is 4.76. The molecule has 0 bridgehead atoms. The Labute approximate surface area is 101 Å². The average Bonchev–Trinajstić information content (AvgIpc) is 2.78. The summed E-state index contributed by atoms with van der Waals surface area (Å²) >= 11 is 1.98. The van der Waals surface area contributed by atoms with Gasteiger partial charge in [-0.15, -0.1) is 12.3 Å². The van der Waals surface area contributed by atoms with Crippen LogP contribution in [-0.4, -0.2) is 29.1 Å². The van der Waals surface area contributed by atoms with E-state index in [1.54, 1.807) is 0 Å². The Morgan fingerprint density at radius 1 is 1.38 bits per heavy atom. The first-order chi connectivity index (χ1) is 7.81. The molecule has 88 valence electrons. The van der Waals surface area contributed by atoms with Gasteiger partial charge in [0.05, 0.1) is 12.1 Å². The number of fused-ring (bicyclic) bond motifs is 1. The second-order valence-corrected chi connectivity index (χ2v) is 5.70. The first-order valence-electron chi connectivity index (χ1n) is 5.93. The van der Waals surface area contributed by atoms with Crippen LogP contribution in [0.3, 0.4) is 0 Å². The highest BCUT2D eigenvalue weighted by molar-refractivity contribution is 8.00. The number of hydrogen-bond acceptors (Lipinski definition) is 2. The molecule has 0 unspecified atom stereocenters. The molecule has 2 aliphatic rings. The zero-order valence-electron chi connectivity index (χ0n) is 9.37. The molecular weight excluding hydrogens is 220 g/mol. The number of thioether (sulfide) groups is 1. The predicted molar refractivity (Wildman–Crippen MR) is 67.4 cm³/mol. The van der Waals surface area contributed by atoms with Gasteiger partial charge in [0, 0.05) is 17.4 Å². The van der Waals surface area contributed by atoms with Gasteiger partial charge in [-0.3, -0.25) is 0 Å². The standard InChI is InChI=1S/C12H18N2OS/c1-2-3-4-5-6-7-10-11-9(8-16-10)13-12(15)14-11/h1,9-11H,3-8H2,(H2,13,14,15)/t9-,10-,11-/m0/s1. The fourth-order valence-corrected chi connectivity index (χ4v) is 3.94. The maximum absolute atomic E-state index is 11.2. The van der Waals surface area contributed by atoms with Crippen molar-refractivity contribution in [3.8, 4) is 12.3 Å². The lowest BCUT2D eigenvalue weighted by molar-refractivity contribution is 0.247. The van der Waals surface area contributed by atoms with Crippen LogP contribution in [0.1, 0.15) is 32.1 Å². The zero-order valence-corrected chi connectivity index (χ0v) is 10.2. The van der Waals surface area contributed by atoms with Gasteiger partial charge in [0.25, 0.3) is 0 Å². The Morgan fingerprint density at radius 3 is 3.06 bits per heavy atom. The van der Waals surface area contributed by atoms with Crippen LogP contribution in [0.25, 0.3) is 0 Å². The molecule has 3 nitrogen and oxygen atoms in total. The minimum atomic E-state index is 0.00707. The highest BCUT2D eigenvalue weighted by Crippen LogP contribution is 2.33. The first-order valence-corrected chi connectivity index (χ1v) is 6.98. The second-order valence-electron chi connectivity index (χ2n) is 4.43. The van der Waals surface area contributed by atoms with Gasteiger partial charge in [-0.2, -0.15) is 11.8 Å². The summed E-state index contributed by atoms with van der Waals surface area (Å²) in [5.41, 5.74) is 0. The fraction of sp³-hybridized carbons (Fsp3) is 0.750. The summed E-state index contributed by atoms with van der Waals surface area (Å²) in [4.78, 5) is 11.2. The molecule has 4 heteroatoms. The minimum Gasteiger partial charge on any atom is -0.332 e. The summed E-state index contributed by atoms with van der Waals surface area (Å²) < 4.78 is 0. The number of amides is 2. The van der Waals surface area contributed by atoms with E-state index >= 15 is 0 Å². The van der Waals surface area contributed by atoms with Crippen LogP contribution in [0.2, 0.25) is 0 Å². The Bertz CT molecular complexity index is 300. The number of urea groups is 1. The van der Waals surface area contributed by atoms with Gasteiger partial charge in [0.1, 0.15) is 0 Å². The molecule has 2 amide bonds. The van der Waals surface area contributed by atoms with E-state index in [1.807, 2.05) is 11.8 Å². The third kappa shape index (κ3) is 2.65. The van der Waals surface area contributed by atoms with Gasteiger partial charge < -0.3 is 10.6 Å². The average molecular weight is 238 g/mol. The summed E-state index contributed by atoms with van der Waals surface area (Å²) in [6.07, 6.45) is 10.9. The molecule has 16 heavy (non-hydrogen) atoms. The lowest BCUT2D eigenvalue weighted by Crippen LogP contribution is -2.36. The molecule has 0 aromatic rings. The van der Waals surface area contributed by atoms with Crippen molar-refractivity contribution in [1.82, 2.24) is 10.6 Å². The molecule has 0 aromatic heterocycles. The van der Waals surface area contributed by atoms with Crippen molar-refractivity contribution in [2.45, 2.75) is 49.4 Å². The molecule has 2 saturated heterocycles. The fourth-order valence-electron chi connectivity index (χ4n) is 2.39. The Kier molecular flexibility index (Phi) is 4.00. The SMILES string of the molecule is C#CCCCCC[C@@H]1SC[C@@H]2NC(=O)N[C@@H]21. The van der Waals surface area contributed by atoms with E-state index in [2.05, 4.69) is 16.6 Å². The molecule has 3 atom stereocenters. The molecule has 2 fully saturated rings. The van der Waals surface area contributed by atoms with Gasteiger partial charge >= 0.3 is 6.03 Å². The Hall–Kier alpha value is -0.820. The van der Waals surface area contributed by atoms with Gasteiger partial charge in [-0.1, -0.05) is 12.8 Å². The van der Waals surface area contributed by atoms with Gasteiger partial charge in [0.2, 0.25) is 0 Å². The van der Waals surface area contributed by atoms with Gasteiger partial charge in [-0.25, -0.2) is 4.79 Å². The van der Waals surface area contributed by atoms with E-state index in [-0.39, 0.29) is 6.03 Å². The van der Waals surface area contributed by atoms with Crippen LogP contribution in [0.5, 0.6) is 0 Å². The van der Waals surface area contributed by atoms with Crippen LogP contribution in [0.4, 0.5) is 4.79 Å². The summed E-state index contributed by atoms with van der Waals surface area (Å²) in [7, 11) is 0. The number of carbonyl (C=O) groups is 1. The maximum Gasteiger partial charge on any atom is 0.315 e. The molecular formula is C12H18N2OS. The molecule has 0 saturated carbocycles. The molecule has 0 aromatic carbocycles. The van der Waals surface area contributed by atoms with Crippen LogP contribution >= 0.6 is 11.8 Å². The van der Waals surface area contributed by atoms with Crippen LogP contribution in [0, 0.1) is 12.3 Å². The van der Waals surface area contributed by atoms with Crippen molar-refractivity contribution in [3.63, 3.8) is 0 Å². The minimum absolute atomic E-state index is 0.00707. The number of terminal acetylenes is 1. The van der Waals surface area contributed by atoms with Gasteiger partial charge in [-0.05, 0) is 12.8 Å². The summed E-state index contributed by atoms with van der Waals surface area (Å²) in [5, 5.41) is 6.57. The summed E-state index contributed by atoms with van der Waals surface area (Å²) in [5.74, 6) is 3.72. The monoisotopic (exact) mass is 238 g/mol. The lowest BCUT2D eigenvalue weighted by atomic mass is 10.0. The van der Waals surface area contributed by atoms with E-state index in [1.165, 1.54) is 19.3 Å². The molecule has 0 radical (unpaired) electrons. The molecule has 0 spiro atoms. The number of carbonyl (C=O) groups excluding carboxylic acids is 1. The topological polar surface area (TPSA) is 41.1 Å². The Balaban J connectivity index is 1.67. The quantitative estimate of drug-likeness (QED) is 0.435. The maximum atomic E-state index is 11.2. The van der Waals surface area contributed by atoms with Crippen LogP contribution in [-0.2, 0) is 0 Å². The summed E-state index contributed by atoms with van der Waals surface area (Å²) in [6.45, 7) is 0.